The largest absolute Gasteiger partial charge is 0.382 e. The van der Waals surface area contributed by atoms with Gasteiger partial charge in [-0.25, -0.2) is 0 Å². The Kier molecular flexibility index (Phi) is 5.98. The first-order valence-electron chi connectivity index (χ1n) is 5.16. The first-order chi connectivity index (χ1) is 8.21. The van der Waals surface area contributed by atoms with E-state index in [1.54, 1.807) is 20.3 Å². The van der Waals surface area contributed by atoms with Gasteiger partial charge in [0.1, 0.15) is 6.07 Å². The van der Waals surface area contributed by atoms with Gasteiger partial charge in [-0.2, -0.15) is 5.26 Å². The number of halogens is 1. The number of methoxy groups -OCH3 is 2. The smallest absolute Gasteiger partial charge is 0.101 e. The lowest BCUT2D eigenvalue weighted by Gasteiger charge is -2.16. The first kappa shape index (κ1) is 14.0. The molecule has 4 nitrogen and oxygen atoms in total. The van der Waals surface area contributed by atoms with Crippen LogP contribution in [0.3, 0.4) is 0 Å². The summed E-state index contributed by atoms with van der Waals surface area (Å²) < 4.78 is 11.2. The molecule has 0 aromatic heterocycles. The Morgan fingerprint density at radius 1 is 1.47 bits per heavy atom. The van der Waals surface area contributed by atoms with Gasteiger partial charge in [0.2, 0.25) is 0 Å². The van der Waals surface area contributed by atoms with Crippen molar-refractivity contribution in [3.63, 3.8) is 0 Å². The Morgan fingerprint density at radius 2 is 2.24 bits per heavy atom. The maximum absolute atomic E-state index is 8.97. The minimum Gasteiger partial charge on any atom is -0.382 e. The predicted octanol–water partition coefficient (Wildman–Crippen LogP) is 2.39. The van der Waals surface area contributed by atoms with Gasteiger partial charge in [0.15, 0.2) is 0 Å². The van der Waals surface area contributed by atoms with E-state index in [1.807, 2.05) is 12.1 Å². The average Bonchev–Trinajstić information content (AvgIpc) is 2.34. The molecule has 1 aromatic rings. The summed E-state index contributed by atoms with van der Waals surface area (Å²) >= 11 is 3.37. The molecule has 1 unspecified atom stereocenters. The van der Waals surface area contributed by atoms with E-state index in [9.17, 15) is 0 Å². The minimum absolute atomic E-state index is 0.0366. The van der Waals surface area contributed by atoms with Crippen molar-refractivity contribution < 1.29 is 9.47 Å². The quantitative estimate of drug-likeness (QED) is 0.876. The Balaban J connectivity index is 2.68. The lowest BCUT2D eigenvalue weighted by Crippen LogP contribution is -2.26. The predicted molar refractivity (Wildman–Crippen MR) is 70.0 cm³/mol. The van der Waals surface area contributed by atoms with Gasteiger partial charge in [0, 0.05) is 25.2 Å². The SMILES string of the molecule is COCC(CNc1cc(Br)ccc1C#N)OC. The molecule has 17 heavy (non-hydrogen) atoms. The molecule has 5 heteroatoms. The fourth-order valence-corrected chi connectivity index (χ4v) is 1.74. The molecule has 0 aliphatic heterocycles. The van der Waals surface area contributed by atoms with Gasteiger partial charge in [-0.3, -0.25) is 0 Å². The molecule has 1 aromatic carbocycles. The van der Waals surface area contributed by atoms with Crippen LogP contribution < -0.4 is 5.32 Å². The Morgan fingerprint density at radius 3 is 2.82 bits per heavy atom. The van der Waals surface area contributed by atoms with Crippen molar-refractivity contribution in [2.75, 3.05) is 32.7 Å². The van der Waals surface area contributed by atoms with E-state index in [-0.39, 0.29) is 6.10 Å². The number of rotatable bonds is 6. The molecule has 92 valence electrons. The Bertz CT molecular complexity index is 404. The summed E-state index contributed by atoms with van der Waals surface area (Å²) in [6, 6.07) is 7.62. The number of nitrogens with one attached hydrogen (secondary N) is 1. The van der Waals surface area contributed by atoms with Crippen LogP contribution in [0.4, 0.5) is 5.69 Å². The number of hydrogen-bond acceptors (Lipinski definition) is 4. The zero-order chi connectivity index (χ0) is 12.7. The van der Waals surface area contributed by atoms with Gasteiger partial charge in [0.05, 0.1) is 24.0 Å². The van der Waals surface area contributed by atoms with Crippen molar-refractivity contribution in [1.29, 1.82) is 5.26 Å². The van der Waals surface area contributed by atoms with E-state index in [0.29, 0.717) is 18.7 Å². The van der Waals surface area contributed by atoms with Crippen LogP contribution in [0.2, 0.25) is 0 Å². The molecule has 0 fully saturated rings. The average molecular weight is 299 g/mol. The number of benzene rings is 1. The van der Waals surface area contributed by atoms with Crippen molar-refractivity contribution in [3.8, 4) is 6.07 Å². The third-order valence-corrected chi connectivity index (χ3v) is 2.80. The normalized spacial score (nSPS) is 11.9. The Labute approximate surface area is 110 Å². The molecular formula is C12H15BrN2O2. The van der Waals surface area contributed by atoms with Crippen molar-refractivity contribution in [2.45, 2.75) is 6.10 Å². The van der Waals surface area contributed by atoms with Gasteiger partial charge in [0.25, 0.3) is 0 Å². The molecule has 0 amide bonds. The monoisotopic (exact) mass is 298 g/mol. The summed E-state index contributed by atoms with van der Waals surface area (Å²) in [4.78, 5) is 0. The third-order valence-electron chi connectivity index (χ3n) is 2.31. The standard InChI is InChI=1S/C12H15BrN2O2/c1-16-8-11(17-2)7-15-12-5-10(13)4-3-9(12)6-14/h3-5,11,15H,7-8H2,1-2H3. The molecular weight excluding hydrogens is 284 g/mol. The topological polar surface area (TPSA) is 54.3 Å². The summed E-state index contributed by atoms with van der Waals surface area (Å²) in [5.74, 6) is 0. The van der Waals surface area contributed by atoms with E-state index in [0.717, 1.165) is 10.2 Å². The molecule has 0 spiro atoms. The highest BCUT2D eigenvalue weighted by Crippen LogP contribution is 2.20. The summed E-state index contributed by atoms with van der Waals surface area (Å²) in [6.07, 6.45) is -0.0366. The van der Waals surface area contributed by atoms with Gasteiger partial charge < -0.3 is 14.8 Å². The first-order valence-corrected chi connectivity index (χ1v) is 5.95. The molecule has 0 radical (unpaired) electrons. The van der Waals surface area contributed by atoms with E-state index in [1.165, 1.54) is 0 Å². The molecule has 1 rings (SSSR count). The molecule has 0 bridgehead atoms. The zero-order valence-electron chi connectivity index (χ0n) is 9.87. The molecule has 0 aliphatic carbocycles. The van der Waals surface area contributed by atoms with Crippen LogP contribution in [-0.4, -0.2) is 33.5 Å². The van der Waals surface area contributed by atoms with Crippen LogP contribution >= 0.6 is 15.9 Å². The minimum atomic E-state index is -0.0366. The van der Waals surface area contributed by atoms with Gasteiger partial charge in [-0.15, -0.1) is 0 Å². The van der Waals surface area contributed by atoms with Gasteiger partial charge in [-0.1, -0.05) is 15.9 Å². The molecule has 0 aliphatic rings. The van der Waals surface area contributed by atoms with E-state index >= 15 is 0 Å². The summed E-state index contributed by atoms with van der Waals surface area (Å²) in [6.45, 7) is 1.11. The van der Waals surface area contributed by atoms with Crippen LogP contribution in [0.5, 0.6) is 0 Å². The van der Waals surface area contributed by atoms with E-state index in [4.69, 9.17) is 14.7 Å². The van der Waals surface area contributed by atoms with Gasteiger partial charge >= 0.3 is 0 Å². The lowest BCUT2D eigenvalue weighted by molar-refractivity contribution is 0.0365. The highest BCUT2D eigenvalue weighted by atomic mass is 79.9. The summed E-state index contributed by atoms with van der Waals surface area (Å²) in [5, 5.41) is 12.2. The molecule has 0 heterocycles. The summed E-state index contributed by atoms with van der Waals surface area (Å²) in [7, 11) is 3.27. The summed E-state index contributed by atoms with van der Waals surface area (Å²) in [5.41, 5.74) is 1.40. The van der Waals surface area contributed by atoms with E-state index < -0.39 is 0 Å². The number of nitrogens with zero attached hydrogens (tertiary/aromatic N) is 1. The van der Waals surface area contributed by atoms with Crippen LogP contribution in [0.1, 0.15) is 5.56 Å². The fourth-order valence-electron chi connectivity index (χ4n) is 1.38. The number of anilines is 1. The number of ether oxygens (including phenoxy) is 2. The van der Waals surface area contributed by atoms with Crippen molar-refractivity contribution >= 4 is 21.6 Å². The third kappa shape index (κ3) is 4.35. The second-order valence-electron chi connectivity index (χ2n) is 3.50. The maximum atomic E-state index is 8.97. The fraction of sp³-hybridized carbons (Fsp3) is 0.417. The van der Waals surface area contributed by atoms with Crippen LogP contribution in [0.25, 0.3) is 0 Å². The second kappa shape index (κ2) is 7.28. The molecule has 0 saturated heterocycles. The maximum Gasteiger partial charge on any atom is 0.101 e. The Hall–Kier alpha value is -1.09. The molecule has 1 N–H and O–H groups in total. The van der Waals surface area contributed by atoms with Crippen LogP contribution in [0.15, 0.2) is 22.7 Å². The van der Waals surface area contributed by atoms with Crippen molar-refractivity contribution in [1.82, 2.24) is 0 Å². The molecule has 1 atom stereocenters. The van der Waals surface area contributed by atoms with Crippen molar-refractivity contribution in [3.05, 3.63) is 28.2 Å². The highest BCUT2D eigenvalue weighted by molar-refractivity contribution is 9.10. The highest BCUT2D eigenvalue weighted by Gasteiger charge is 2.08. The number of hydrogen-bond donors (Lipinski definition) is 1. The molecule has 0 saturated carbocycles. The second-order valence-corrected chi connectivity index (χ2v) is 4.41. The van der Waals surface area contributed by atoms with Crippen molar-refractivity contribution in [2.24, 2.45) is 0 Å². The lowest BCUT2D eigenvalue weighted by atomic mass is 10.2. The van der Waals surface area contributed by atoms with Crippen LogP contribution in [0, 0.1) is 11.3 Å². The number of nitriles is 1. The van der Waals surface area contributed by atoms with E-state index in [2.05, 4.69) is 27.3 Å². The van der Waals surface area contributed by atoms with Crippen LogP contribution in [-0.2, 0) is 9.47 Å². The zero-order valence-corrected chi connectivity index (χ0v) is 11.5. The van der Waals surface area contributed by atoms with Gasteiger partial charge in [-0.05, 0) is 18.2 Å².